The minimum absolute atomic E-state index is 0.0383. The van der Waals surface area contributed by atoms with Gasteiger partial charge in [0.1, 0.15) is 11.5 Å². The summed E-state index contributed by atoms with van der Waals surface area (Å²) in [6, 6.07) is 17.7. The summed E-state index contributed by atoms with van der Waals surface area (Å²) < 4.78 is 10.9. The minimum Gasteiger partial charge on any atom is -0.497 e. The van der Waals surface area contributed by atoms with Gasteiger partial charge in [-0.15, -0.1) is 0 Å². The van der Waals surface area contributed by atoms with Crippen molar-refractivity contribution >= 4 is 5.91 Å². The Labute approximate surface area is 155 Å². The van der Waals surface area contributed by atoms with Gasteiger partial charge in [-0.3, -0.25) is 4.79 Å². The third-order valence-electron chi connectivity index (χ3n) is 4.15. The molecule has 0 spiro atoms. The number of carbonyl (C=O) groups is 1. The summed E-state index contributed by atoms with van der Waals surface area (Å²) in [5.41, 5.74) is 1.11. The summed E-state index contributed by atoms with van der Waals surface area (Å²) in [6.07, 6.45) is 1.14. The van der Waals surface area contributed by atoms with Gasteiger partial charge < -0.3 is 19.7 Å². The molecule has 2 aromatic carbocycles. The van der Waals surface area contributed by atoms with Crippen molar-refractivity contribution < 1.29 is 14.3 Å². The molecule has 1 N–H and O–H groups in total. The third kappa shape index (κ3) is 6.41. The lowest BCUT2D eigenvalue weighted by Crippen LogP contribution is -2.34. The molecule has 5 nitrogen and oxygen atoms in total. The molecule has 0 unspecified atom stereocenters. The van der Waals surface area contributed by atoms with Crippen LogP contribution in [0.5, 0.6) is 11.5 Å². The zero-order valence-electron chi connectivity index (χ0n) is 15.8. The van der Waals surface area contributed by atoms with Crippen LogP contribution in [-0.4, -0.2) is 45.2 Å². The lowest BCUT2D eigenvalue weighted by molar-refractivity contribution is -0.121. The largest absolute Gasteiger partial charge is 0.497 e. The number of nitrogens with zero attached hydrogens (tertiary/aromatic N) is 1. The van der Waals surface area contributed by atoms with Crippen LogP contribution in [0.2, 0.25) is 0 Å². The molecule has 0 saturated carbocycles. The van der Waals surface area contributed by atoms with Gasteiger partial charge in [0.15, 0.2) is 0 Å². The summed E-state index contributed by atoms with van der Waals surface area (Å²) in [6.45, 7) is 1.09. The van der Waals surface area contributed by atoms with Crippen molar-refractivity contribution in [1.82, 2.24) is 10.2 Å². The van der Waals surface area contributed by atoms with Crippen molar-refractivity contribution in [3.8, 4) is 11.5 Å². The third-order valence-corrected chi connectivity index (χ3v) is 4.15. The first kappa shape index (κ1) is 19.8. The van der Waals surface area contributed by atoms with Gasteiger partial charge in [-0.2, -0.15) is 0 Å². The fourth-order valence-corrected chi connectivity index (χ4v) is 2.69. The van der Waals surface area contributed by atoms with Gasteiger partial charge in [0.25, 0.3) is 0 Å². The molecule has 0 radical (unpaired) electrons. The molecule has 5 heteroatoms. The Kier molecular flexibility index (Phi) is 7.96. The topological polar surface area (TPSA) is 50.8 Å². The second-order valence-corrected chi connectivity index (χ2v) is 6.33. The highest BCUT2D eigenvalue weighted by Crippen LogP contribution is 2.22. The van der Waals surface area contributed by atoms with E-state index in [1.165, 1.54) is 0 Å². The van der Waals surface area contributed by atoms with Crippen LogP contribution in [0.3, 0.4) is 0 Å². The van der Waals surface area contributed by atoms with Crippen LogP contribution in [-0.2, 0) is 4.79 Å². The molecule has 0 fully saturated rings. The average Bonchev–Trinajstić information content (AvgIpc) is 2.66. The van der Waals surface area contributed by atoms with Crippen LogP contribution in [0.15, 0.2) is 54.6 Å². The zero-order valence-corrected chi connectivity index (χ0v) is 15.8. The van der Waals surface area contributed by atoms with Crippen LogP contribution in [0.1, 0.15) is 24.4 Å². The average molecular weight is 356 g/mol. The van der Waals surface area contributed by atoms with E-state index < -0.39 is 0 Å². The quantitative estimate of drug-likeness (QED) is 0.664. The summed E-state index contributed by atoms with van der Waals surface area (Å²) in [5, 5.41) is 3.02. The first-order valence-electron chi connectivity index (χ1n) is 8.85. The first-order chi connectivity index (χ1) is 12.6. The van der Waals surface area contributed by atoms with Gasteiger partial charge >= 0.3 is 0 Å². The Bertz CT molecular complexity index is 674. The standard InChI is InChI=1S/C21H28N2O3/c1-23(2)20(17-9-7-12-19(15-17)25-3)16-22-21(24)13-8-14-26-18-10-5-4-6-11-18/h4-7,9-12,15,20H,8,13-14,16H2,1-3H3,(H,22,24)/t20-/m1/s1. The van der Waals surface area contributed by atoms with E-state index in [4.69, 9.17) is 9.47 Å². The highest BCUT2D eigenvalue weighted by molar-refractivity contribution is 5.75. The molecular formula is C21H28N2O3. The molecular weight excluding hydrogens is 328 g/mol. The van der Waals surface area contributed by atoms with Crippen molar-refractivity contribution in [2.24, 2.45) is 0 Å². The molecule has 0 bridgehead atoms. The van der Waals surface area contributed by atoms with Gasteiger partial charge in [0.2, 0.25) is 5.91 Å². The van der Waals surface area contributed by atoms with Crippen molar-refractivity contribution in [2.45, 2.75) is 18.9 Å². The van der Waals surface area contributed by atoms with Crippen LogP contribution in [0, 0.1) is 0 Å². The number of hydrogen-bond acceptors (Lipinski definition) is 4. The molecule has 0 aliphatic heterocycles. The van der Waals surface area contributed by atoms with Crippen molar-refractivity contribution in [3.05, 3.63) is 60.2 Å². The van der Waals surface area contributed by atoms with E-state index in [-0.39, 0.29) is 11.9 Å². The van der Waals surface area contributed by atoms with Gasteiger partial charge in [0, 0.05) is 13.0 Å². The number of rotatable bonds is 10. The first-order valence-corrected chi connectivity index (χ1v) is 8.85. The van der Waals surface area contributed by atoms with Crippen molar-refractivity contribution in [3.63, 3.8) is 0 Å². The summed E-state index contributed by atoms with van der Waals surface area (Å²) in [5.74, 6) is 1.69. The van der Waals surface area contributed by atoms with E-state index in [2.05, 4.69) is 10.2 Å². The van der Waals surface area contributed by atoms with Gasteiger partial charge in [-0.1, -0.05) is 30.3 Å². The van der Waals surface area contributed by atoms with E-state index in [1.54, 1.807) is 7.11 Å². The summed E-state index contributed by atoms with van der Waals surface area (Å²) >= 11 is 0. The molecule has 0 aromatic heterocycles. The predicted molar refractivity (Wildman–Crippen MR) is 104 cm³/mol. The lowest BCUT2D eigenvalue weighted by Gasteiger charge is -2.25. The second-order valence-electron chi connectivity index (χ2n) is 6.33. The van der Waals surface area contributed by atoms with E-state index in [9.17, 15) is 4.79 Å². The van der Waals surface area contributed by atoms with E-state index in [1.807, 2.05) is 68.7 Å². The summed E-state index contributed by atoms with van der Waals surface area (Å²) in [4.78, 5) is 14.2. The molecule has 0 aliphatic carbocycles. The Morgan fingerprint density at radius 1 is 1.08 bits per heavy atom. The van der Waals surface area contributed by atoms with Crippen LogP contribution in [0.25, 0.3) is 0 Å². The molecule has 0 aliphatic rings. The Morgan fingerprint density at radius 3 is 2.50 bits per heavy atom. The zero-order chi connectivity index (χ0) is 18.8. The molecule has 140 valence electrons. The molecule has 26 heavy (non-hydrogen) atoms. The molecule has 2 rings (SSSR count). The van der Waals surface area contributed by atoms with E-state index in [0.717, 1.165) is 17.1 Å². The number of ether oxygens (including phenoxy) is 2. The maximum atomic E-state index is 12.1. The SMILES string of the molecule is COc1cccc([C@@H](CNC(=O)CCCOc2ccccc2)N(C)C)c1. The molecule has 0 saturated heterocycles. The maximum Gasteiger partial charge on any atom is 0.220 e. The van der Waals surface area contributed by atoms with E-state index in [0.29, 0.717) is 26.0 Å². The van der Waals surface area contributed by atoms with E-state index >= 15 is 0 Å². The highest BCUT2D eigenvalue weighted by Gasteiger charge is 2.15. The Balaban J connectivity index is 1.76. The fraction of sp³-hybridized carbons (Fsp3) is 0.381. The van der Waals surface area contributed by atoms with Crippen LogP contribution < -0.4 is 14.8 Å². The number of para-hydroxylation sites is 1. The molecule has 1 atom stereocenters. The Morgan fingerprint density at radius 2 is 1.81 bits per heavy atom. The normalized spacial score (nSPS) is 11.8. The molecule has 1 amide bonds. The monoisotopic (exact) mass is 356 g/mol. The number of hydrogen-bond donors (Lipinski definition) is 1. The number of methoxy groups -OCH3 is 1. The smallest absolute Gasteiger partial charge is 0.220 e. The highest BCUT2D eigenvalue weighted by atomic mass is 16.5. The van der Waals surface area contributed by atoms with Crippen LogP contribution in [0.4, 0.5) is 0 Å². The fourth-order valence-electron chi connectivity index (χ4n) is 2.69. The second kappa shape index (κ2) is 10.5. The lowest BCUT2D eigenvalue weighted by atomic mass is 10.1. The predicted octanol–water partition coefficient (Wildman–Crippen LogP) is 3.27. The minimum atomic E-state index is 0.0383. The van der Waals surface area contributed by atoms with Crippen molar-refractivity contribution in [2.75, 3.05) is 34.4 Å². The maximum absolute atomic E-state index is 12.1. The number of nitrogens with one attached hydrogen (secondary N) is 1. The Hall–Kier alpha value is -2.53. The molecule has 2 aromatic rings. The van der Waals surface area contributed by atoms with Gasteiger partial charge in [0.05, 0.1) is 19.8 Å². The van der Waals surface area contributed by atoms with Gasteiger partial charge in [-0.25, -0.2) is 0 Å². The van der Waals surface area contributed by atoms with Gasteiger partial charge in [-0.05, 0) is 50.3 Å². The van der Waals surface area contributed by atoms with Crippen molar-refractivity contribution in [1.29, 1.82) is 0 Å². The number of benzene rings is 2. The summed E-state index contributed by atoms with van der Waals surface area (Å²) in [7, 11) is 5.66. The number of likely N-dealkylation sites (N-methyl/N-ethyl adjacent to an activating group) is 1. The van der Waals surface area contributed by atoms with Crippen LogP contribution >= 0.6 is 0 Å². The molecule has 0 heterocycles. The number of carbonyl (C=O) groups excluding carboxylic acids is 1. The number of amides is 1.